The molecule has 0 aliphatic carbocycles. The first-order chi connectivity index (χ1) is 8.86. The average molecular weight is 248 g/mol. The highest BCUT2D eigenvalue weighted by atomic mass is 16.5. The van der Waals surface area contributed by atoms with E-state index in [0.717, 1.165) is 45.8 Å². The Hall–Kier alpha value is -1.06. The number of benzene rings is 1. The Morgan fingerprint density at radius 2 is 2.22 bits per heavy atom. The monoisotopic (exact) mass is 248 g/mol. The molecule has 1 aromatic rings. The zero-order valence-corrected chi connectivity index (χ0v) is 11.5. The maximum Gasteiger partial charge on any atom is 0.0641 e. The molecule has 1 aliphatic rings. The third-order valence-electron chi connectivity index (χ3n) is 3.55. The van der Waals surface area contributed by atoms with E-state index in [1.54, 1.807) is 0 Å². The molecule has 1 aliphatic heterocycles. The third kappa shape index (κ3) is 3.03. The molecule has 100 valence electrons. The van der Waals surface area contributed by atoms with Gasteiger partial charge >= 0.3 is 0 Å². The molecule has 2 rings (SSSR count). The van der Waals surface area contributed by atoms with Crippen LogP contribution < -0.4 is 10.2 Å². The quantitative estimate of drug-likeness (QED) is 0.781. The topological polar surface area (TPSA) is 24.5 Å². The highest BCUT2D eigenvalue weighted by molar-refractivity contribution is 5.57. The molecule has 0 aromatic heterocycles. The molecule has 0 atom stereocenters. The van der Waals surface area contributed by atoms with E-state index in [1.807, 2.05) is 6.92 Å². The van der Waals surface area contributed by atoms with Crippen molar-refractivity contribution in [2.75, 3.05) is 37.7 Å². The van der Waals surface area contributed by atoms with Gasteiger partial charge < -0.3 is 15.0 Å². The van der Waals surface area contributed by atoms with Gasteiger partial charge in [0.1, 0.15) is 0 Å². The van der Waals surface area contributed by atoms with Crippen molar-refractivity contribution in [2.24, 2.45) is 0 Å². The lowest BCUT2D eigenvalue weighted by atomic mass is 9.98. The number of nitrogens with one attached hydrogen (secondary N) is 1. The van der Waals surface area contributed by atoms with Gasteiger partial charge in [0.2, 0.25) is 0 Å². The zero-order valence-electron chi connectivity index (χ0n) is 11.5. The second kappa shape index (κ2) is 6.76. The van der Waals surface area contributed by atoms with Gasteiger partial charge in [-0.2, -0.15) is 0 Å². The summed E-state index contributed by atoms with van der Waals surface area (Å²) < 4.78 is 5.47. The Balaban J connectivity index is 2.14. The van der Waals surface area contributed by atoms with Crippen molar-refractivity contribution in [3.8, 4) is 0 Å². The van der Waals surface area contributed by atoms with Crippen LogP contribution in [-0.4, -0.2) is 32.8 Å². The predicted molar refractivity (Wildman–Crippen MR) is 76.2 cm³/mol. The van der Waals surface area contributed by atoms with Crippen molar-refractivity contribution in [1.82, 2.24) is 5.32 Å². The first-order valence-corrected chi connectivity index (χ1v) is 7.01. The zero-order chi connectivity index (χ0) is 12.8. The molecule has 1 N–H and O–H groups in total. The number of hydrogen-bond donors (Lipinski definition) is 1. The van der Waals surface area contributed by atoms with E-state index < -0.39 is 0 Å². The summed E-state index contributed by atoms with van der Waals surface area (Å²) in [5, 5.41) is 3.47. The van der Waals surface area contributed by atoms with Gasteiger partial charge in [-0.1, -0.05) is 12.1 Å². The van der Waals surface area contributed by atoms with Crippen LogP contribution in [0.4, 0.5) is 5.69 Å². The molecule has 0 amide bonds. The van der Waals surface area contributed by atoms with E-state index in [0.29, 0.717) is 0 Å². The van der Waals surface area contributed by atoms with Gasteiger partial charge in [0.05, 0.1) is 6.61 Å². The highest BCUT2D eigenvalue weighted by Crippen LogP contribution is 2.26. The second-order valence-electron chi connectivity index (χ2n) is 4.62. The van der Waals surface area contributed by atoms with Crippen LogP contribution in [0.1, 0.15) is 25.0 Å². The summed E-state index contributed by atoms with van der Waals surface area (Å²) in [4.78, 5) is 2.42. The third-order valence-corrected chi connectivity index (χ3v) is 3.55. The van der Waals surface area contributed by atoms with E-state index in [9.17, 15) is 0 Å². The summed E-state index contributed by atoms with van der Waals surface area (Å²) in [5.74, 6) is 0. The van der Waals surface area contributed by atoms with Crippen molar-refractivity contribution < 1.29 is 4.74 Å². The van der Waals surface area contributed by atoms with Crippen LogP contribution in [0.5, 0.6) is 0 Å². The minimum atomic E-state index is 0.798. The van der Waals surface area contributed by atoms with Crippen LogP contribution in [-0.2, 0) is 17.7 Å². The second-order valence-corrected chi connectivity index (χ2v) is 4.62. The fourth-order valence-electron chi connectivity index (χ4n) is 2.56. The Kier molecular flexibility index (Phi) is 5.02. The normalized spacial score (nSPS) is 14.3. The molecule has 0 saturated carbocycles. The minimum Gasteiger partial charge on any atom is -0.380 e. The Morgan fingerprint density at radius 3 is 3.00 bits per heavy atom. The largest absolute Gasteiger partial charge is 0.380 e. The lowest BCUT2D eigenvalue weighted by Crippen LogP contribution is -2.31. The first kappa shape index (κ1) is 13.4. The van der Waals surface area contributed by atoms with E-state index in [-0.39, 0.29) is 0 Å². The van der Waals surface area contributed by atoms with Crippen molar-refractivity contribution in [3.63, 3.8) is 0 Å². The van der Waals surface area contributed by atoms with Crippen LogP contribution in [0.25, 0.3) is 0 Å². The number of anilines is 1. The molecule has 0 fully saturated rings. The van der Waals surface area contributed by atoms with Crippen molar-refractivity contribution in [3.05, 3.63) is 29.3 Å². The number of ether oxygens (including phenoxy) is 1. The van der Waals surface area contributed by atoms with Crippen molar-refractivity contribution >= 4 is 5.69 Å². The molecular formula is C15H24N2O. The maximum atomic E-state index is 5.47. The van der Waals surface area contributed by atoms with Crippen LogP contribution >= 0.6 is 0 Å². The van der Waals surface area contributed by atoms with Crippen molar-refractivity contribution in [1.29, 1.82) is 0 Å². The summed E-state index contributed by atoms with van der Waals surface area (Å²) in [6.45, 7) is 9.96. The lowest BCUT2D eigenvalue weighted by Gasteiger charge is -2.29. The van der Waals surface area contributed by atoms with E-state index in [4.69, 9.17) is 4.74 Å². The SMILES string of the molecule is CCOCCN(CC)c1cccc2c1CNCC2. The van der Waals surface area contributed by atoms with Crippen LogP contribution in [0, 0.1) is 0 Å². The van der Waals surface area contributed by atoms with Crippen LogP contribution in [0.2, 0.25) is 0 Å². The van der Waals surface area contributed by atoms with Gasteiger partial charge in [-0.3, -0.25) is 0 Å². The molecule has 1 aromatic carbocycles. The summed E-state index contributed by atoms with van der Waals surface area (Å²) in [6, 6.07) is 6.68. The Labute approximate surface area is 110 Å². The highest BCUT2D eigenvalue weighted by Gasteiger charge is 2.15. The van der Waals surface area contributed by atoms with Gasteiger partial charge in [-0.05, 0) is 44.0 Å². The lowest BCUT2D eigenvalue weighted by molar-refractivity contribution is 0.154. The molecule has 0 bridgehead atoms. The molecule has 3 heteroatoms. The predicted octanol–water partition coefficient (Wildman–Crippen LogP) is 2.20. The maximum absolute atomic E-state index is 5.47. The molecule has 3 nitrogen and oxygen atoms in total. The first-order valence-electron chi connectivity index (χ1n) is 7.01. The number of rotatable bonds is 6. The number of likely N-dealkylation sites (N-methyl/N-ethyl adjacent to an activating group) is 1. The summed E-state index contributed by atoms with van der Waals surface area (Å²) >= 11 is 0. The number of fused-ring (bicyclic) bond motifs is 1. The number of hydrogen-bond acceptors (Lipinski definition) is 3. The molecule has 0 unspecified atom stereocenters. The van der Waals surface area contributed by atoms with E-state index in [1.165, 1.54) is 16.8 Å². The molecular weight excluding hydrogens is 224 g/mol. The molecule has 0 spiro atoms. The van der Waals surface area contributed by atoms with Crippen LogP contribution in [0.3, 0.4) is 0 Å². The molecule has 1 heterocycles. The van der Waals surface area contributed by atoms with Crippen LogP contribution in [0.15, 0.2) is 18.2 Å². The van der Waals surface area contributed by atoms with E-state index in [2.05, 4.69) is 35.3 Å². The van der Waals surface area contributed by atoms with Gasteiger partial charge in [-0.25, -0.2) is 0 Å². The van der Waals surface area contributed by atoms with Gasteiger partial charge in [0, 0.05) is 31.9 Å². The fraction of sp³-hybridized carbons (Fsp3) is 0.600. The van der Waals surface area contributed by atoms with E-state index >= 15 is 0 Å². The van der Waals surface area contributed by atoms with Gasteiger partial charge in [0.15, 0.2) is 0 Å². The Morgan fingerprint density at radius 1 is 1.33 bits per heavy atom. The fourth-order valence-corrected chi connectivity index (χ4v) is 2.56. The molecule has 0 saturated heterocycles. The summed E-state index contributed by atoms with van der Waals surface area (Å²) in [5.41, 5.74) is 4.35. The molecule has 18 heavy (non-hydrogen) atoms. The van der Waals surface area contributed by atoms with Gasteiger partial charge in [0.25, 0.3) is 0 Å². The Bertz CT molecular complexity index is 379. The summed E-state index contributed by atoms with van der Waals surface area (Å²) in [7, 11) is 0. The number of nitrogens with zero attached hydrogens (tertiary/aromatic N) is 1. The summed E-state index contributed by atoms with van der Waals surface area (Å²) in [6.07, 6.45) is 1.15. The minimum absolute atomic E-state index is 0.798. The molecule has 0 radical (unpaired) electrons. The standard InChI is InChI=1S/C15H24N2O/c1-3-17(10-11-18-4-2)15-7-5-6-13-8-9-16-12-14(13)15/h5-7,16H,3-4,8-12H2,1-2H3. The van der Waals surface area contributed by atoms with Gasteiger partial charge in [-0.15, -0.1) is 0 Å². The van der Waals surface area contributed by atoms with Crippen molar-refractivity contribution in [2.45, 2.75) is 26.8 Å². The average Bonchev–Trinajstić information content (AvgIpc) is 2.43. The smallest absolute Gasteiger partial charge is 0.0641 e.